The van der Waals surface area contributed by atoms with Gasteiger partial charge in [-0.3, -0.25) is 0 Å². The van der Waals surface area contributed by atoms with E-state index in [1.807, 2.05) is 6.07 Å². The third-order valence-electron chi connectivity index (χ3n) is 1.84. The van der Waals surface area contributed by atoms with Gasteiger partial charge in [-0.25, -0.2) is 0 Å². The largest absolute Gasteiger partial charge is 0.417 e. The molecule has 0 saturated carbocycles. The fourth-order valence-electron chi connectivity index (χ4n) is 1.11. The fourth-order valence-corrected chi connectivity index (χ4v) is 1.90. The van der Waals surface area contributed by atoms with Crippen LogP contribution < -0.4 is 0 Å². The summed E-state index contributed by atoms with van der Waals surface area (Å²) in [4.78, 5) is 0. The van der Waals surface area contributed by atoms with Crippen molar-refractivity contribution in [1.82, 2.24) is 0 Å². The number of hydrogen-bond donors (Lipinski definition) is 0. The van der Waals surface area contributed by atoms with Crippen LogP contribution in [0.5, 0.6) is 0 Å². The lowest BCUT2D eigenvalue weighted by molar-refractivity contribution is 0.239. The summed E-state index contributed by atoms with van der Waals surface area (Å²) in [6.07, 6.45) is 0.290. The first-order valence-corrected chi connectivity index (χ1v) is 6.09. The van der Waals surface area contributed by atoms with Crippen molar-refractivity contribution >= 4 is 9.76 Å². The van der Waals surface area contributed by atoms with Crippen LogP contribution in [0.15, 0.2) is 30.3 Å². The molecule has 0 spiro atoms. The molecule has 0 aromatic heterocycles. The lowest BCUT2D eigenvalue weighted by Crippen LogP contribution is -2.02. The summed E-state index contributed by atoms with van der Waals surface area (Å²) >= 11 is 0. The summed E-state index contributed by atoms with van der Waals surface area (Å²) in [6.45, 7) is 4.31. The fraction of sp³-hybridized carbons (Fsp3) is 0.400. The van der Waals surface area contributed by atoms with Gasteiger partial charge in [0.1, 0.15) is 0 Å². The maximum Gasteiger partial charge on any atom is 0.162 e. The van der Waals surface area contributed by atoms with Gasteiger partial charge in [0.15, 0.2) is 9.76 Å². The third-order valence-corrected chi connectivity index (χ3v) is 2.98. The van der Waals surface area contributed by atoms with Gasteiger partial charge in [-0.05, 0) is 18.5 Å². The molecule has 0 saturated heterocycles. The van der Waals surface area contributed by atoms with Crippen LogP contribution in [0, 0.1) is 0 Å². The predicted molar refractivity (Wildman–Crippen MR) is 55.0 cm³/mol. The molecule has 0 aliphatic heterocycles. The van der Waals surface area contributed by atoms with Crippen molar-refractivity contribution in [2.45, 2.75) is 26.0 Å². The Morgan fingerprint density at radius 3 is 2.58 bits per heavy atom. The summed E-state index contributed by atoms with van der Waals surface area (Å²) in [6, 6.07) is 11.6. The minimum atomic E-state index is -0.270. The van der Waals surface area contributed by atoms with Crippen LogP contribution in [0.2, 0.25) is 6.04 Å². The number of hydrogen-bond acceptors (Lipinski definition) is 1. The van der Waals surface area contributed by atoms with Gasteiger partial charge in [0, 0.05) is 0 Å². The lowest BCUT2D eigenvalue weighted by atomic mass is 10.1. The maximum atomic E-state index is 5.72. The van der Waals surface area contributed by atoms with Crippen molar-refractivity contribution in [1.29, 1.82) is 0 Å². The zero-order chi connectivity index (χ0) is 8.81. The van der Waals surface area contributed by atoms with Crippen molar-refractivity contribution in [2.24, 2.45) is 0 Å². The van der Waals surface area contributed by atoms with Crippen molar-refractivity contribution in [2.75, 3.05) is 0 Å². The monoisotopic (exact) mass is 180 g/mol. The van der Waals surface area contributed by atoms with Gasteiger partial charge in [0.2, 0.25) is 0 Å². The number of rotatable bonds is 4. The second-order valence-electron chi connectivity index (χ2n) is 2.92. The van der Waals surface area contributed by atoms with Gasteiger partial charge in [-0.1, -0.05) is 37.3 Å². The van der Waals surface area contributed by atoms with Gasteiger partial charge < -0.3 is 4.43 Å². The first-order valence-electron chi connectivity index (χ1n) is 4.51. The van der Waals surface area contributed by atoms with E-state index in [0.717, 1.165) is 0 Å². The summed E-state index contributed by atoms with van der Waals surface area (Å²) < 4.78 is 5.72. The van der Waals surface area contributed by atoms with Crippen LogP contribution in [0.3, 0.4) is 0 Å². The van der Waals surface area contributed by atoms with E-state index in [0.29, 0.717) is 0 Å². The van der Waals surface area contributed by atoms with Crippen LogP contribution in [-0.2, 0) is 4.43 Å². The molecule has 0 fully saturated rings. The molecule has 2 heteroatoms. The van der Waals surface area contributed by atoms with Crippen molar-refractivity contribution in [3.8, 4) is 0 Å². The smallest absolute Gasteiger partial charge is 0.162 e. The Labute approximate surface area is 76.7 Å². The van der Waals surface area contributed by atoms with Crippen LogP contribution in [0.4, 0.5) is 0 Å². The lowest BCUT2D eigenvalue weighted by Gasteiger charge is -2.12. The molecule has 1 aromatic rings. The highest BCUT2D eigenvalue weighted by Crippen LogP contribution is 2.14. The minimum absolute atomic E-state index is 0.270. The van der Waals surface area contributed by atoms with E-state index < -0.39 is 0 Å². The molecule has 1 unspecified atom stereocenters. The molecule has 0 aliphatic carbocycles. The Kier molecular flexibility index (Phi) is 4.04. The standard InChI is InChI=1S/C10H16OSi/c1-3-12-11-9(2)10-7-5-4-6-8-10/h4-9H,3,12H2,1-2H3. The molecular weight excluding hydrogens is 164 g/mol. The van der Waals surface area contributed by atoms with E-state index in [9.17, 15) is 0 Å². The summed E-state index contributed by atoms with van der Waals surface area (Å²) in [5, 5.41) is 0. The van der Waals surface area contributed by atoms with Crippen molar-refractivity contribution < 1.29 is 4.43 Å². The average Bonchev–Trinajstić information content (AvgIpc) is 2.15. The second-order valence-corrected chi connectivity index (χ2v) is 4.67. The first-order chi connectivity index (χ1) is 5.84. The Morgan fingerprint density at radius 1 is 1.33 bits per heavy atom. The highest BCUT2D eigenvalue weighted by molar-refractivity contribution is 6.26. The van der Waals surface area contributed by atoms with Crippen LogP contribution in [-0.4, -0.2) is 9.76 Å². The summed E-state index contributed by atoms with van der Waals surface area (Å²) in [5.74, 6) is 0. The molecule has 0 heterocycles. The minimum Gasteiger partial charge on any atom is -0.417 e. The van der Waals surface area contributed by atoms with Crippen molar-refractivity contribution in [3.63, 3.8) is 0 Å². The molecule has 1 atom stereocenters. The van der Waals surface area contributed by atoms with Gasteiger partial charge in [0.05, 0.1) is 6.10 Å². The highest BCUT2D eigenvalue weighted by Gasteiger charge is 2.02. The topological polar surface area (TPSA) is 9.23 Å². The number of benzene rings is 1. The summed E-state index contributed by atoms with van der Waals surface area (Å²) in [7, 11) is -0.270. The molecule has 0 radical (unpaired) electrons. The average molecular weight is 180 g/mol. The zero-order valence-electron chi connectivity index (χ0n) is 7.79. The Morgan fingerprint density at radius 2 is 2.00 bits per heavy atom. The molecule has 12 heavy (non-hydrogen) atoms. The molecule has 66 valence electrons. The molecule has 0 N–H and O–H groups in total. The van der Waals surface area contributed by atoms with Crippen LogP contribution in [0.1, 0.15) is 25.5 Å². The van der Waals surface area contributed by atoms with Gasteiger partial charge >= 0.3 is 0 Å². The van der Waals surface area contributed by atoms with Gasteiger partial charge in [-0.15, -0.1) is 0 Å². The van der Waals surface area contributed by atoms with E-state index in [1.165, 1.54) is 11.6 Å². The molecule has 0 amide bonds. The van der Waals surface area contributed by atoms with E-state index >= 15 is 0 Å². The Hall–Kier alpha value is -0.603. The molecule has 0 bridgehead atoms. The van der Waals surface area contributed by atoms with E-state index in [4.69, 9.17) is 4.43 Å². The molecular formula is C10H16OSi. The van der Waals surface area contributed by atoms with Gasteiger partial charge in [0.25, 0.3) is 0 Å². The highest BCUT2D eigenvalue weighted by atomic mass is 28.2. The van der Waals surface area contributed by atoms with Crippen LogP contribution >= 0.6 is 0 Å². The summed E-state index contributed by atoms with van der Waals surface area (Å²) in [5.41, 5.74) is 1.29. The predicted octanol–water partition coefficient (Wildman–Crippen LogP) is 2.29. The second kappa shape index (κ2) is 5.12. The first kappa shape index (κ1) is 9.48. The zero-order valence-corrected chi connectivity index (χ0v) is 9.20. The van der Waals surface area contributed by atoms with E-state index in [1.54, 1.807) is 0 Å². The van der Waals surface area contributed by atoms with E-state index in [2.05, 4.69) is 38.1 Å². The Balaban J connectivity index is 2.48. The molecule has 1 rings (SSSR count). The van der Waals surface area contributed by atoms with Crippen molar-refractivity contribution in [3.05, 3.63) is 35.9 Å². The molecule has 1 nitrogen and oxygen atoms in total. The maximum absolute atomic E-state index is 5.72. The van der Waals surface area contributed by atoms with Crippen LogP contribution in [0.25, 0.3) is 0 Å². The molecule has 0 aliphatic rings. The van der Waals surface area contributed by atoms with E-state index in [-0.39, 0.29) is 15.9 Å². The Bertz CT molecular complexity index is 210. The SMILES string of the molecule is CC[SiH2]OC(C)c1ccccc1. The third kappa shape index (κ3) is 2.79. The van der Waals surface area contributed by atoms with Gasteiger partial charge in [-0.2, -0.15) is 0 Å². The molecule has 1 aromatic carbocycles. The quantitative estimate of drug-likeness (QED) is 0.646. The normalized spacial score (nSPS) is 13.8.